The Hall–Kier alpha value is -1.43. The zero-order valence-corrected chi connectivity index (χ0v) is 11.3. The molecule has 21 heavy (non-hydrogen) atoms. The van der Waals surface area contributed by atoms with E-state index in [4.69, 9.17) is 0 Å². The summed E-state index contributed by atoms with van der Waals surface area (Å²) in [5, 5.41) is 10.0. The SMILES string of the molecule is O=C(c1ccc(F)c(C(F)(F)F)c1)C(O)C1CCCCC1. The number of carbonyl (C=O) groups is 1. The Morgan fingerprint density at radius 2 is 1.81 bits per heavy atom. The summed E-state index contributed by atoms with van der Waals surface area (Å²) in [5.74, 6) is -2.43. The van der Waals surface area contributed by atoms with E-state index >= 15 is 0 Å². The highest BCUT2D eigenvalue weighted by molar-refractivity contribution is 5.99. The number of rotatable bonds is 3. The zero-order chi connectivity index (χ0) is 15.6. The molecule has 1 fully saturated rings. The van der Waals surface area contributed by atoms with E-state index in [2.05, 4.69) is 0 Å². The molecule has 0 saturated heterocycles. The standard InChI is InChI=1S/C15H16F4O2/c16-12-7-6-10(8-11(12)15(17,18)19)14(21)13(20)9-4-2-1-3-5-9/h6-9,13,20H,1-5H2. The van der Waals surface area contributed by atoms with Gasteiger partial charge in [-0.1, -0.05) is 19.3 Å². The van der Waals surface area contributed by atoms with Gasteiger partial charge in [0.15, 0.2) is 5.78 Å². The molecule has 1 atom stereocenters. The summed E-state index contributed by atoms with van der Waals surface area (Å²) < 4.78 is 51.1. The Bertz CT molecular complexity index is 519. The molecule has 1 saturated carbocycles. The first-order chi connectivity index (χ1) is 9.80. The number of aliphatic hydroxyl groups excluding tert-OH is 1. The molecular weight excluding hydrogens is 288 g/mol. The van der Waals surface area contributed by atoms with Gasteiger partial charge in [0.25, 0.3) is 0 Å². The summed E-state index contributed by atoms with van der Waals surface area (Å²) in [6.07, 6.45) is -2.00. The summed E-state index contributed by atoms with van der Waals surface area (Å²) >= 11 is 0. The molecule has 0 spiro atoms. The van der Waals surface area contributed by atoms with E-state index < -0.39 is 29.4 Å². The van der Waals surface area contributed by atoms with Gasteiger partial charge in [-0.3, -0.25) is 4.79 Å². The second-order valence-corrected chi connectivity index (χ2v) is 5.40. The van der Waals surface area contributed by atoms with E-state index in [0.717, 1.165) is 25.3 Å². The van der Waals surface area contributed by atoms with Crippen LogP contribution in [0.4, 0.5) is 17.6 Å². The van der Waals surface area contributed by atoms with Crippen molar-refractivity contribution in [3.63, 3.8) is 0 Å². The van der Waals surface area contributed by atoms with Crippen molar-refractivity contribution in [1.29, 1.82) is 0 Å². The second kappa shape index (κ2) is 6.13. The van der Waals surface area contributed by atoms with Crippen molar-refractivity contribution in [3.8, 4) is 0 Å². The van der Waals surface area contributed by atoms with Crippen LogP contribution >= 0.6 is 0 Å². The van der Waals surface area contributed by atoms with Gasteiger partial charge in [-0.2, -0.15) is 13.2 Å². The lowest BCUT2D eigenvalue weighted by atomic mass is 9.82. The van der Waals surface area contributed by atoms with Crippen molar-refractivity contribution in [2.24, 2.45) is 5.92 Å². The predicted octanol–water partition coefficient (Wildman–Crippen LogP) is 3.97. The van der Waals surface area contributed by atoms with Crippen LogP contribution in [0.5, 0.6) is 0 Å². The molecule has 0 aliphatic heterocycles. The predicted molar refractivity (Wildman–Crippen MR) is 68.3 cm³/mol. The van der Waals surface area contributed by atoms with Gasteiger partial charge in [-0.25, -0.2) is 4.39 Å². The van der Waals surface area contributed by atoms with Crippen LogP contribution in [0, 0.1) is 11.7 Å². The number of hydrogen-bond acceptors (Lipinski definition) is 2. The van der Waals surface area contributed by atoms with E-state index in [0.29, 0.717) is 25.0 Å². The van der Waals surface area contributed by atoms with E-state index in [1.807, 2.05) is 0 Å². The number of hydrogen-bond donors (Lipinski definition) is 1. The first-order valence-corrected chi connectivity index (χ1v) is 6.89. The van der Waals surface area contributed by atoms with E-state index in [1.165, 1.54) is 0 Å². The number of benzene rings is 1. The highest BCUT2D eigenvalue weighted by Crippen LogP contribution is 2.33. The van der Waals surface area contributed by atoms with Crippen LogP contribution in [0.25, 0.3) is 0 Å². The maximum absolute atomic E-state index is 13.2. The minimum absolute atomic E-state index is 0.231. The first kappa shape index (κ1) is 15.9. The largest absolute Gasteiger partial charge is 0.419 e. The van der Waals surface area contributed by atoms with Crippen molar-refractivity contribution in [3.05, 3.63) is 35.1 Å². The molecular formula is C15H16F4O2. The zero-order valence-electron chi connectivity index (χ0n) is 11.3. The van der Waals surface area contributed by atoms with Crippen LogP contribution in [0.3, 0.4) is 0 Å². The molecule has 116 valence electrons. The van der Waals surface area contributed by atoms with Crippen LogP contribution in [0.2, 0.25) is 0 Å². The molecule has 2 nitrogen and oxygen atoms in total. The van der Waals surface area contributed by atoms with Crippen LogP contribution in [0.15, 0.2) is 18.2 Å². The Kier molecular flexibility index (Phi) is 4.66. The lowest BCUT2D eigenvalue weighted by Crippen LogP contribution is -2.31. The summed E-state index contributed by atoms with van der Waals surface area (Å²) in [4.78, 5) is 12.1. The number of halogens is 4. The molecule has 2 rings (SSSR count). The molecule has 0 radical (unpaired) electrons. The van der Waals surface area contributed by atoms with Gasteiger partial charge in [-0.15, -0.1) is 0 Å². The van der Waals surface area contributed by atoms with E-state index in [9.17, 15) is 27.5 Å². The third-order valence-electron chi connectivity index (χ3n) is 3.92. The molecule has 1 unspecified atom stereocenters. The summed E-state index contributed by atoms with van der Waals surface area (Å²) in [6, 6.07) is 2.08. The van der Waals surface area contributed by atoms with Crippen LogP contribution in [-0.4, -0.2) is 17.0 Å². The molecule has 1 aromatic rings. The Labute approximate surface area is 119 Å². The lowest BCUT2D eigenvalue weighted by Gasteiger charge is -2.25. The highest BCUT2D eigenvalue weighted by Gasteiger charge is 2.36. The van der Waals surface area contributed by atoms with Crippen molar-refractivity contribution in [2.45, 2.75) is 44.4 Å². The van der Waals surface area contributed by atoms with Gasteiger partial charge in [0.2, 0.25) is 0 Å². The van der Waals surface area contributed by atoms with Gasteiger partial charge >= 0.3 is 6.18 Å². The van der Waals surface area contributed by atoms with Gasteiger partial charge in [0.1, 0.15) is 11.9 Å². The molecule has 6 heteroatoms. The Balaban J connectivity index is 2.22. The minimum atomic E-state index is -4.86. The lowest BCUT2D eigenvalue weighted by molar-refractivity contribution is -0.140. The molecule has 0 heterocycles. The minimum Gasteiger partial charge on any atom is -0.385 e. The molecule has 0 aromatic heterocycles. The topological polar surface area (TPSA) is 37.3 Å². The smallest absolute Gasteiger partial charge is 0.385 e. The van der Waals surface area contributed by atoms with Gasteiger partial charge in [-0.05, 0) is 37.0 Å². The molecule has 1 aromatic carbocycles. The average Bonchev–Trinajstić information content (AvgIpc) is 2.46. The van der Waals surface area contributed by atoms with Gasteiger partial charge in [0, 0.05) is 5.56 Å². The van der Waals surface area contributed by atoms with Gasteiger partial charge < -0.3 is 5.11 Å². The Morgan fingerprint density at radius 1 is 1.19 bits per heavy atom. The number of alkyl halides is 3. The number of ketones is 1. The van der Waals surface area contributed by atoms with Crippen molar-refractivity contribution in [2.75, 3.05) is 0 Å². The van der Waals surface area contributed by atoms with Crippen molar-refractivity contribution in [1.82, 2.24) is 0 Å². The monoisotopic (exact) mass is 304 g/mol. The fraction of sp³-hybridized carbons (Fsp3) is 0.533. The van der Waals surface area contributed by atoms with E-state index in [-0.39, 0.29) is 11.5 Å². The Morgan fingerprint density at radius 3 is 2.38 bits per heavy atom. The van der Waals surface area contributed by atoms with Crippen LogP contribution in [-0.2, 0) is 6.18 Å². The van der Waals surface area contributed by atoms with Crippen molar-refractivity contribution < 1.29 is 27.5 Å². The quantitative estimate of drug-likeness (QED) is 0.678. The fourth-order valence-corrected chi connectivity index (χ4v) is 2.73. The van der Waals surface area contributed by atoms with Crippen molar-refractivity contribution >= 4 is 5.78 Å². The number of aliphatic hydroxyl groups is 1. The maximum atomic E-state index is 13.2. The second-order valence-electron chi connectivity index (χ2n) is 5.40. The molecule has 0 bridgehead atoms. The first-order valence-electron chi connectivity index (χ1n) is 6.89. The number of Topliss-reactive ketones (excluding diaryl/α,β-unsaturated/α-hetero) is 1. The molecule has 1 aliphatic rings. The average molecular weight is 304 g/mol. The highest BCUT2D eigenvalue weighted by atomic mass is 19.4. The molecule has 1 N–H and O–H groups in total. The summed E-state index contributed by atoms with van der Waals surface area (Å²) in [5.41, 5.74) is -1.79. The molecule has 0 amide bonds. The van der Waals surface area contributed by atoms with E-state index in [1.54, 1.807) is 0 Å². The number of carbonyl (C=O) groups excluding carboxylic acids is 1. The van der Waals surface area contributed by atoms with Crippen LogP contribution in [0.1, 0.15) is 48.0 Å². The maximum Gasteiger partial charge on any atom is 0.419 e. The third-order valence-corrected chi connectivity index (χ3v) is 3.92. The van der Waals surface area contributed by atoms with Crippen LogP contribution < -0.4 is 0 Å². The van der Waals surface area contributed by atoms with Gasteiger partial charge in [0.05, 0.1) is 5.56 Å². The normalized spacial score (nSPS) is 18.5. The molecule has 1 aliphatic carbocycles. The summed E-state index contributed by atoms with van der Waals surface area (Å²) in [6.45, 7) is 0. The summed E-state index contributed by atoms with van der Waals surface area (Å²) in [7, 11) is 0. The fourth-order valence-electron chi connectivity index (χ4n) is 2.73. The third kappa shape index (κ3) is 3.61.